The van der Waals surface area contributed by atoms with E-state index in [1.165, 1.54) is 11.8 Å². The van der Waals surface area contributed by atoms with Gasteiger partial charge in [-0.1, -0.05) is 15.9 Å². The number of carbonyl (C=O) groups excluding carboxylic acids is 1. The molecular formula is C13H12BrNO3S2. The van der Waals surface area contributed by atoms with E-state index in [-0.39, 0.29) is 5.12 Å². The lowest BCUT2D eigenvalue weighted by Crippen LogP contribution is -1.93. The molecule has 0 fully saturated rings. The van der Waals surface area contributed by atoms with Crippen LogP contribution in [0.1, 0.15) is 5.56 Å². The van der Waals surface area contributed by atoms with Crippen LogP contribution in [0.4, 0.5) is 0 Å². The van der Waals surface area contributed by atoms with Crippen LogP contribution in [0.5, 0.6) is 11.5 Å². The number of benzene rings is 1. The summed E-state index contributed by atoms with van der Waals surface area (Å²) >= 11 is 6.07. The summed E-state index contributed by atoms with van der Waals surface area (Å²) in [5.74, 6) is 1.23. The molecule has 1 aliphatic heterocycles. The summed E-state index contributed by atoms with van der Waals surface area (Å²) in [7, 11) is 3.15. The molecule has 0 spiro atoms. The van der Waals surface area contributed by atoms with Crippen LogP contribution >= 0.6 is 39.5 Å². The Morgan fingerprint density at radius 1 is 1.30 bits per heavy atom. The minimum absolute atomic E-state index is 0.0453. The second kappa shape index (κ2) is 6.69. The van der Waals surface area contributed by atoms with E-state index in [9.17, 15) is 4.79 Å². The SMILES string of the molecule is COc1cc(Br)c(/C=C2\N=C(SC)SC2=O)cc1OC. The third-order valence-electron chi connectivity index (χ3n) is 2.57. The summed E-state index contributed by atoms with van der Waals surface area (Å²) in [6.45, 7) is 0. The zero-order valence-corrected chi connectivity index (χ0v) is 14.3. The smallest absolute Gasteiger partial charge is 0.244 e. The van der Waals surface area contributed by atoms with E-state index in [2.05, 4.69) is 20.9 Å². The van der Waals surface area contributed by atoms with E-state index in [1.54, 1.807) is 32.4 Å². The molecule has 0 bridgehead atoms. The zero-order chi connectivity index (χ0) is 14.7. The quantitative estimate of drug-likeness (QED) is 0.754. The average Bonchev–Trinajstić information content (AvgIpc) is 2.81. The molecule has 0 radical (unpaired) electrons. The van der Waals surface area contributed by atoms with Crippen molar-refractivity contribution >= 4 is 55.0 Å². The van der Waals surface area contributed by atoms with E-state index in [1.807, 2.05) is 6.26 Å². The van der Waals surface area contributed by atoms with Gasteiger partial charge in [0.2, 0.25) is 5.12 Å². The molecule has 0 amide bonds. The highest BCUT2D eigenvalue weighted by molar-refractivity contribution is 9.10. The van der Waals surface area contributed by atoms with Gasteiger partial charge in [0.1, 0.15) is 10.1 Å². The van der Waals surface area contributed by atoms with E-state index in [0.717, 1.165) is 26.2 Å². The van der Waals surface area contributed by atoms with Gasteiger partial charge in [-0.05, 0) is 41.8 Å². The zero-order valence-electron chi connectivity index (χ0n) is 11.1. The molecule has 20 heavy (non-hydrogen) atoms. The number of halogens is 1. The lowest BCUT2D eigenvalue weighted by Gasteiger charge is -2.09. The fourth-order valence-electron chi connectivity index (χ4n) is 1.60. The molecule has 106 valence electrons. The van der Waals surface area contributed by atoms with Gasteiger partial charge < -0.3 is 9.47 Å². The third-order valence-corrected chi connectivity index (χ3v) is 5.11. The van der Waals surface area contributed by atoms with Crippen molar-refractivity contribution in [1.82, 2.24) is 0 Å². The Bertz CT molecular complexity index is 614. The number of rotatable bonds is 3. The van der Waals surface area contributed by atoms with E-state index >= 15 is 0 Å². The van der Waals surface area contributed by atoms with Crippen molar-refractivity contribution in [1.29, 1.82) is 0 Å². The lowest BCUT2D eigenvalue weighted by molar-refractivity contribution is -0.107. The van der Waals surface area contributed by atoms with Crippen LogP contribution in [-0.4, -0.2) is 30.0 Å². The maximum absolute atomic E-state index is 11.8. The Labute approximate surface area is 134 Å². The summed E-state index contributed by atoms with van der Waals surface area (Å²) in [4.78, 5) is 16.1. The van der Waals surface area contributed by atoms with Crippen molar-refractivity contribution in [3.63, 3.8) is 0 Å². The molecule has 0 unspecified atom stereocenters. The number of aliphatic imine (C=N–C) groups is 1. The predicted molar refractivity (Wildman–Crippen MR) is 88.8 cm³/mol. The van der Waals surface area contributed by atoms with Crippen LogP contribution in [0, 0.1) is 0 Å². The van der Waals surface area contributed by atoms with Crippen LogP contribution < -0.4 is 9.47 Å². The highest BCUT2D eigenvalue weighted by Gasteiger charge is 2.22. The minimum Gasteiger partial charge on any atom is -0.493 e. The third kappa shape index (κ3) is 3.21. The first-order valence-corrected chi connectivity index (χ1v) is 8.40. The number of hydrogen-bond donors (Lipinski definition) is 0. The van der Waals surface area contributed by atoms with Crippen LogP contribution in [0.25, 0.3) is 6.08 Å². The first kappa shape index (κ1) is 15.5. The summed E-state index contributed by atoms with van der Waals surface area (Å²) < 4.78 is 12.1. The van der Waals surface area contributed by atoms with Crippen LogP contribution in [0.2, 0.25) is 0 Å². The molecule has 2 rings (SSSR count). The molecule has 1 heterocycles. The minimum atomic E-state index is -0.0453. The highest BCUT2D eigenvalue weighted by Crippen LogP contribution is 2.36. The van der Waals surface area contributed by atoms with Crippen LogP contribution in [-0.2, 0) is 4.79 Å². The van der Waals surface area contributed by atoms with Gasteiger partial charge in [-0.15, -0.1) is 11.8 Å². The van der Waals surface area contributed by atoms with E-state index < -0.39 is 0 Å². The molecular weight excluding hydrogens is 362 g/mol. The van der Waals surface area contributed by atoms with Gasteiger partial charge in [0.05, 0.1) is 14.2 Å². The molecule has 7 heteroatoms. The van der Waals surface area contributed by atoms with Crippen LogP contribution in [0.3, 0.4) is 0 Å². The van der Waals surface area contributed by atoms with Gasteiger partial charge in [0, 0.05) is 4.47 Å². The number of nitrogens with zero attached hydrogens (tertiary/aromatic N) is 1. The molecule has 1 aromatic carbocycles. The maximum atomic E-state index is 11.8. The van der Waals surface area contributed by atoms with Gasteiger partial charge in [-0.25, -0.2) is 4.99 Å². The molecule has 1 aromatic rings. The van der Waals surface area contributed by atoms with Gasteiger partial charge in [0.25, 0.3) is 0 Å². The Kier molecular flexibility index (Phi) is 5.17. The molecule has 0 aliphatic carbocycles. The molecule has 0 aromatic heterocycles. The highest BCUT2D eigenvalue weighted by atomic mass is 79.9. The van der Waals surface area contributed by atoms with Crippen LogP contribution in [0.15, 0.2) is 27.3 Å². The Morgan fingerprint density at radius 2 is 1.95 bits per heavy atom. The van der Waals surface area contributed by atoms with Crippen molar-refractivity contribution in [3.05, 3.63) is 27.9 Å². The lowest BCUT2D eigenvalue weighted by atomic mass is 10.1. The number of carbonyl (C=O) groups is 1. The molecule has 1 aliphatic rings. The predicted octanol–water partition coefficient (Wildman–Crippen LogP) is 3.80. The monoisotopic (exact) mass is 373 g/mol. The van der Waals surface area contributed by atoms with Gasteiger partial charge >= 0.3 is 0 Å². The van der Waals surface area contributed by atoms with Crippen molar-refractivity contribution in [2.24, 2.45) is 4.99 Å². The van der Waals surface area contributed by atoms with Crippen molar-refractivity contribution in [2.45, 2.75) is 0 Å². The maximum Gasteiger partial charge on any atom is 0.244 e. The van der Waals surface area contributed by atoms with E-state index in [4.69, 9.17) is 9.47 Å². The van der Waals surface area contributed by atoms with E-state index in [0.29, 0.717) is 17.2 Å². The largest absolute Gasteiger partial charge is 0.493 e. The Hall–Kier alpha value is -0.920. The fraction of sp³-hybridized carbons (Fsp3) is 0.231. The Balaban J connectivity index is 2.44. The summed E-state index contributed by atoms with van der Waals surface area (Å²) in [6, 6.07) is 3.61. The number of hydrogen-bond acceptors (Lipinski definition) is 6. The summed E-state index contributed by atoms with van der Waals surface area (Å²) in [5, 5.41) is -0.0453. The first-order valence-electron chi connectivity index (χ1n) is 5.57. The summed E-state index contributed by atoms with van der Waals surface area (Å²) in [5.41, 5.74) is 1.25. The average molecular weight is 374 g/mol. The molecule has 4 nitrogen and oxygen atoms in total. The second-order valence-electron chi connectivity index (χ2n) is 3.73. The summed E-state index contributed by atoms with van der Waals surface area (Å²) in [6.07, 6.45) is 3.64. The number of ether oxygens (including phenoxy) is 2. The first-order chi connectivity index (χ1) is 9.58. The van der Waals surface area contributed by atoms with Crippen molar-refractivity contribution in [3.8, 4) is 11.5 Å². The topological polar surface area (TPSA) is 47.9 Å². The number of thioether (sulfide) groups is 2. The normalized spacial score (nSPS) is 16.5. The Morgan fingerprint density at radius 3 is 2.50 bits per heavy atom. The fourth-order valence-corrected chi connectivity index (χ4v) is 3.30. The standard InChI is InChI=1S/C13H12BrNO3S2/c1-17-10-5-7(8(14)6-11(10)18-2)4-9-12(16)20-13(15-9)19-3/h4-6H,1-3H3/b9-4-. The molecule has 0 saturated heterocycles. The molecule has 0 N–H and O–H groups in total. The molecule has 0 saturated carbocycles. The van der Waals surface area contributed by atoms with Crippen molar-refractivity contribution < 1.29 is 14.3 Å². The number of methoxy groups -OCH3 is 2. The van der Waals surface area contributed by atoms with Gasteiger partial charge in [0.15, 0.2) is 11.5 Å². The second-order valence-corrected chi connectivity index (χ2v) is 6.60. The van der Waals surface area contributed by atoms with Crippen molar-refractivity contribution in [2.75, 3.05) is 20.5 Å². The van der Waals surface area contributed by atoms with Gasteiger partial charge in [-0.2, -0.15) is 0 Å². The molecule has 0 atom stereocenters. The van der Waals surface area contributed by atoms with Gasteiger partial charge in [-0.3, -0.25) is 4.79 Å².